The topological polar surface area (TPSA) is 77.8 Å². The lowest BCUT2D eigenvalue weighted by molar-refractivity contribution is 0.0585. The predicted octanol–water partition coefficient (Wildman–Crippen LogP) is 3.66. The maximum Gasteiger partial charge on any atom is 0.354 e. The van der Waals surface area contributed by atoms with E-state index in [1.807, 2.05) is 19.9 Å². The smallest absolute Gasteiger partial charge is 0.354 e. The van der Waals surface area contributed by atoms with Gasteiger partial charge in [0, 0.05) is 43.6 Å². The summed E-state index contributed by atoms with van der Waals surface area (Å²) in [6, 6.07) is 8.20. The Morgan fingerprint density at radius 1 is 1.10 bits per heavy atom. The number of hydrogen-bond acceptors (Lipinski definition) is 5. The molecule has 1 aromatic carbocycles. The molecule has 0 fully saturated rings. The van der Waals surface area contributed by atoms with Crippen molar-refractivity contribution in [2.75, 3.05) is 27.4 Å². The molecule has 0 saturated carbocycles. The number of nitrogens with zero attached hydrogens (tertiary/aromatic N) is 2. The lowest BCUT2D eigenvalue weighted by atomic mass is 9.99. The summed E-state index contributed by atoms with van der Waals surface area (Å²) in [5, 5.41) is 0. The summed E-state index contributed by atoms with van der Waals surface area (Å²) in [7, 11) is 2.93. The van der Waals surface area contributed by atoms with Crippen LogP contribution in [0.25, 0.3) is 0 Å². The number of ether oxygens (including phenoxy) is 2. The highest BCUT2D eigenvalue weighted by molar-refractivity contribution is 6.07. The van der Waals surface area contributed by atoms with Crippen LogP contribution in [0, 0.1) is 13.8 Å². The maximum atomic E-state index is 13.6. The molecule has 7 heteroatoms. The number of ketones is 1. The zero-order valence-corrected chi connectivity index (χ0v) is 19.2. The van der Waals surface area contributed by atoms with Crippen LogP contribution in [0.5, 0.6) is 0 Å². The van der Waals surface area contributed by atoms with Crippen LogP contribution in [0.4, 0.5) is 0 Å². The number of amides is 1. The van der Waals surface area contributed by atoms with Crippen molar-refractivity contribution >= 4 is 17.7 Å². The molecule has 2 rings (SSSR count). The van der Waals surface area contributed by atoms with E-state index in [-0.39, 0.29) is 11.7 Å². The zero-order valence-electron chi connectivity index (χ0n) is 19.2. The van der Waals surface area contributed by atoms with E-state index in [4.69, 9.17) is 9.47 Å². The fourth-order valence-corrected chi connectivity index (χ4v) is 3.96. The highest BCUT2D eigenvalue weighted by Crippen LogP contribution is 2.26. The van der Waals surface area contributed by atoms with Gasteiger partial charge in [-0.2, -0.15) is 0 Å². The summed E-state index contributed by atoms with van der Waals surface area (Å²) in [6.07, 6.45) is 0.605. The summed E-state index contributed by atoms with van der Waals surface area (Å²) in [6.45, 7) is 8.60. The maximum absolute atomic E-state index is 13.6. The molecule has 0 aliphatic carbocycles. The number of hydrogen-bond donors (Lipinski definition) is 0. The van der Waals surface area contributed by atoms with Crippen molar-refractivity contribution < 1.29 is 23.9 Å². The molecule has 0 aliphatic rings. The molecule has 0 aliphatic heterocycles. The van der Waals surface area contributed by atoms with Crippen LogP contribution >= 0.6 is 0 Å². The molecule has 1 amide bonds. The van der Waals surface area contributed by atoms with Crippen LogP contribution in [0.15, 0.2) is 30.3 Å². The molecule has 0 N–H and O–H groups in total. The Balaban J connectivity index is 2.46. The Labute approximate surface area is 183 Å². The molecule has 1 atom stereocenters. The first-order valence-corrected chi connectivity index (χ1v) is 10.5. The Morgan fingerprint density at radius 3 is 2.29 bits per heavy atom. The van der Waals surface area contributed by atoms with Gasteiger partial charge in [-0.25, -0.2) is 4.79 Å². The van der Waals surface area contributed by atoms with Crippen molar-refractivity contribution in [1.82, 2.24) is 9.47 Å². The van der Waals surface area contributed by atoms with Gasteiger partial charge in [-0.15, -0.1) is 0 Å². The summed E-state index contributed by atoms with van der Waals surface area (Å²) in [5.74, 6) is -0.892. The summed E-state index contributed by atoms with van der Waals surface area (Å²) in [5.41, 5.74) is 2.63. The number of esters is 1. The van der Waals surface area contributed by atoms with E-state index in [1.165, 1.54) is 7.11 Å². The number of rotatable bonds is 10. The van der Waals surface area contributed by atoms with Crippen LogP contribution in [0.2, 0.25) is 0 Å². The third-order valence-electron chi connectivity index (χ3n) is 5.58. The lowest BCUT2D eigenvalue weighted by Crippen LogP contribution is -2.44. The van der Waals surface area contributed by atoms with Crippen LogP contribution in [0.3, 0.4) is 0 Å². The van der Waals surface area contributed by atoms with Gasteiger partial charge in [-0.05, 0) is 51.8 Å². The molecule has 168 valence electrons. The second kappa shape index (κ2) is 10.9. The SMILES string of the molecule is CCn1c(C)c(C(=O)C(C)N(CCCOC)C(=O)c2ccccc2)c(C)c1C(=O)OC. The van der Waals surface area contributed by atoms with Crippen LogP contribution < -0.4 is 0 Å². The first-order chi connectivity index (χ1) is 14.8. The molecule has 0 spiro atoms. The molecule has 0 saturated heterocycles. The molecule has 0 radical (unpaired) electrons. The van der Waals surface area contributed by atoms with Crippen molar-refractivity contribution in [2.45, 2.75) is 46.7 Å². The second-order valence-corrected chi connectivity index (χ2v) is 7.42. The standard InChI is InChI=1S/C24H32N2O5/c1-7-25-17(3)20(16(2)21(25)24(29)31-6)22(27)18(4)26(14-11-15-30-5)23(28)19-12-9-8-10-13-19/h8-10,12-13,18H,7,11,14-15H2,1-6H3. The summed E-state index contributed by atoms with van der Waals surface area (Å²) < 4.78 is 11.9. The van der Waals surface area contributed by atoms with Crippen molar-refractivity contribution in [2.24, 2.45) is 0 Å². The largest absolute Gasteiger partial charge is 0.464 e. The fraction of sp³-hybridized carbons (Fsp3) is 0.458. The first-order valence-electron chi connectivity index (χ1n) is 10.5. The monoisotopic (exact) mass is 428 g/mol. The number of carbonyl (C=O) groups excluding carboxylic acids is 3. The minimum absolute atomic E-state index is 0.200. The van der Waals surface area contributed by atoms with Gasteiger partial charge in [-0.1, -0.05) is 18.2 Å². The third-order valence-corrected chi connectivity index (χ3v) is 5.58. The molecule has 7 nitrogen and oxygen atoms in total. The van der Waals surface area contributed by atoms with Gasteiger partial charge in [0.15, 0.2) is 5.78 Å². The molecular formula is C24H32N2O5. The Bertz CT molecular complexity index is 933. The third kappa shape index (κ3) is 5.05. The molecule has 0 bridgehead atoms. The van der Waals surface area contributed by atoms with E-state index < -0.39 is 12.0 Å². The summed E-state index contributed by atoms with van der Waals surface area (Å²) >= 11 is 0. The quantitative estimate of drug-likeness (QED) is 0.328. The number of Topliss-reactive ketones (excluding diaryl/α,β-unsaturated/α-hetero) is 1. The normalized spacial score (nSPS) is 11.8. The van der Waals surface area contributed by atoms with E-state index in [2.05, 4.69) is 0 Å². The number of benzene rings is 1. The van der Waals surface area contributed by atoms with Crippen molar-refractivity contribution in [3.8, 4) is 0 Å². The van der Waals surface area contributed by atoms with Gasteiger partial charge in [-0.3, -0.25) is 9.59 Å². The molecule has 1 heterocycles. The van der Waals surface area contributed by atoms with E-state index in [1.54, 1.807) is 54.7 Å². The zero-order chi connectivity index (χ0) is 23.1. The van der Waals surface area contributed by atoms with Crippen molar-refractivity contribution in [3.63, 3.8) is 0 Å². The molecular weight excluding hydrogens is 396 g/mol. The van der Waals surface area contributed by atoms with Gasteiger partial charge in [0.1, 0.15) is 5.69 Å². The first kappa shape index (κ1) is 24.3. The lowest BCUT2D eigenvalue weighted by Gasteiger charge is -2.29. The van der Waals surface area contributed by atoms with E-state index in [0.29, 0.717) is 54.2 Å². The van der Waals surface area contributed by atoms with Crippen LogP contribution in [-0.4, -0.2) is 60.5 Å². The number of aromatic nitrogens is 1. The Hall–Kier alpha value is -2.93. The van der Waals surface area contributed by atoms with Crippen LogP contribution in [-0.2, 0) is 16.0 Å². The fourth-order valence-electron chi connectivity index (χ4n) is 3.96. The van der Waals surface area contributed by atoms with E-state index in [0.717, 1.165) is 0 Å². The van der Waals surface area contributed by atoms with Crippen LogP contribution in [0.1, 0.15) is 62.7 Å². The minimum Gasteiger partial charge on any atom is -0.464 e. The summed E-state index contributed by atoms with van der Waals surface area (Å²) in [4.78, 5) is 40.7. The van der Waals surface area contributed by atoms with Crippen molar-refractivity contribution in [3.05, 3.63) is 58.4 Å². The van der Waals surface area contributed by atoms with Gasteiger partial charge in [0.25, 0.3) is 5.91 Å². The second-order valence-electron chi connectivity index (χ2n) is 7.42. The van der Waals surface area contributed by atoms with Crippen molar-refractivity contribution in [1.29, 1.82) is 0 Å². The average Bonchev–Trinajstić information content (AvgIpc) is 3.04. The molecule has 2 aromatic rings. The highest BCUT2D eigenvalue weighted by atomic mass is 16.5. The minimum atomic E-state index is -0.708. The average molecular weight is 429 g/mol. The molecule has 1 aromatic heterocycles. The van der Waals surface area contributed by atoms with Gasteiger partial charge >= 0.3 is 5.97 Å². The van der Waals surface area contributed by atoms with Gasteiger partial charge in [0.2, 0.25) is 0 Å². The number of carbonyl (C=O) groups is 3. The highest BCUT2D eigenvalue weighted by Gasteiger charge is 2.33. The Kier molecular flexibility index (Phi) is 8.56. The van der Waals surface area contributed by atoms with Gasteiger partial charge in [0.05, 0.1) is 13.2 Å². The Morgan fingerprint density at radius 2 is 1.74 bits per heavy atom. The molecule has 31 heavy (non-hydrogen) atoms. The van der Waals surface area contributed by atoms with Gasteiger partial charge < -0.3 is 18.9 Å². The number of methoxy groups -OCH3 is 2. The van der Waals surface area contributed by atoms with E-state index in [9.17, 15) is 14.4 Å². The predicted molar refractivity (Wildman–Crippen MR) is 119 cm³/mol. The molecule has 1 unspecified atom stereocenters. The van der Waals surface area contributed by atoms with E-state index >= 15 is 0 Å².